The molecule has 19 heavy (non-hydrogen) atoms. The number of rotatable bonds is 7. The van der Waals surface area contributed by atoms with E-state index in [1.807, 2.05) is 19.0 Å². The Morgan fingerprint density at radius 3 is 2.68 bits per heavy atom. The molecule has 0 saturated heterocycles. The van der Waals surface area contributed by atoms with Crippen LogP contribution in [0.2, 0.25) is 0 Å². The van der Waals surface area contributed by atoms with Gasteiger partial charge in [0.2, 0.25) is 5.91 Å². The molecule has 4 nitrogen and oxygen atoms in total. The molecule has 0 fully saturated rings. The summed E-state index contributed by atoms with van der Waals surface area (Å²) < 4.78 is 0. The summed E-state index contributed by atoms with van der Waals surface area (Å²) in [7, 11) is 3.98. The van der Waals surface area contributed by atoms with E-state index in [1.54, 1.807) is 0 Å². The third kappa shape index (κ3) is 5.30. The topological polar surface area (TPSA) is 44.4 Å². The SMILES string of the molecule is CCc1cccc(C)c1NCC(=O)NCCN(C)C. The number of nitrogens with zero attached hydrogens (tertiary/aromatic N) is 1. The average Bonchev–Trinajstić information content (AvgIpc) is 2.36. The molecular weight excluding hydrogens is 238 g/mol. The van der Waals surface area contributed by atoms with Gasteiger partial charge in [0.1, 0.15) is 0 Å². The van der Waals surface area contributed by atoms with Crippen LogP contribution in [0.3, 0.4) is 0 Å². The highest BCUT2D eigenvalue weighted by atomic mass is 16.1. The molecule has 1 aromatic carbocycles. The number of anilines is 1. The Kier molecular flexibility index (Phi) is 6.36. The molecule has 0 atom stereocenters. The maximum absolute atomic E-state index is 11.7. The zero-order chi connectivity index (χ0) is 14.3. The van der Waals surface area contributed by atoms with E-state index in [1.165, 1.54) is 11.1 Å². The maximum atomic E-state index is 11.7. The number of carbonyl (C=O) groups is 1. The fraction of sp³-hybridized carbons (Fsp3) is 0.533. The van der Waals surface area contributed by atoms with Crippen LogP contribution in [0, 0.1) is 6.92 Å². The Bertz CT molecular complexity index is 416. The second-order valence-corrected chi connectivity index (χ2v) is 4.97. The lowest BCUT2D eigenvalue weighted by Crippen LogP contribution is -2.35. The van der Waals surface area contributed by atoms with E-state index in [0.717, 1.165) is 18.7 Å². The molecule has 2 N–H and O–H groups in total. The molecule has 1 rings (SSSR count). The Hall–Kier alpha value is -1.55. The largest absolute Gasteiger partial charge is 0.376 e. The molecule has 0 radical (unpaired) electrons. The second kappa shape index (κ2) is 7.79. The molecule has 0 spiro atoms. The predicted octanol–water partition coefficient (Wildman–Crippen LogP) is 1.65. The van der Waals surface area contributed by atoms with E-state index >= 15 is 0 Å². The number of para-hydroxylation sites is 1. The van der Waals surface area contributed by atoms with Gasteiger partial charge in [0.25, 0.3) is 0 Å². The Balaban J connectivity index is 2.46. The fourth-order valence-corrected chi connectivity index (χ4v) is 1.93. The van der Waals surface area contributed by atoms with Crippen molar-refractivity contribution in [3.05, 3.63) is 29.3 Å². The van der Waals surface area contributed by atoms with E-state index in [9.17, 15) is 4.79 Å². The monoisotopic (exact) mass is 263 g/mol. The molecule has 106 valence electrons. The molecule has 0 aliphatic rings. The van der Waals surface area contributed by atoms with Gasteiger partial charge in [-0.05, 0) is 38.6 Å². The van der Waals surface area contributed by atoms with Crippen molar-refractivity contribution in [1.82, 2.24) is 10.2 Å². The van der Waals surface area contributed by atoms with Gasteiger partial charge >= 0.3 is 0 Å². The molecular formula is C15H25N3O. The van der Waals surface area contributed by atoms with Crippen molar-refractivity contribution in [3.63, 3.8) is 0 Å². The van der Waals surface area contributed by atoms with E-state index in [4.69, 9.17) is 0 Å². The second-order valence-electron chi connectivity index (χ2n) is 4.97. The van der Waals surface area contributed by atoms with E-state index in [0.29, 0.717) is 13.1 Å². The minimum absolute atomic E-state index is 0.0344. The number of nitrogens with one attached hydrogen (secondary N) is 2. The van der Waals surface area contributed by atoms with E-state index < -0.39 is 0 Å². The number of aryl methyl sites for hydroxylation is 2. The van der Waals surface area contributed by atoms with Crippen molar-refractivity contribution in [2.24, 2.45) is 0 Å². The van der Waals surface area contributed by atoms with Gasteiger partial charge in [-0.2, -0.15) is 0 Å². The number of amides is 1. The van der Waals surface area contributed by atoms with Crippen LogP contribution in [-0.4, -0.2) is 44.5 Å². The van der Waals surface area contributed by atoms with Crippen molar-refractivity contribution in [2.45, 2.75) is 20.3 Å². The van der Waals surface area contributed by atoms with Crippen LogP contribution in [0.5, 0.6) is 0 Å². The third-order valence-electron chi connectivity index (χ3n) is 3.05. The van der Waals surface area contributed by atoms with Gasteiger partial charge in [0.05, 0.1) is 6.54 Å². The van der Waals surface area contributed by atoms with Gasteiger partial charge in [-0.15, -0.1) is 0 Å². The van der Waals surface area contributed by atoms with Gasteiger partial charge in [-0.25, -0.2) is 0 Å². The van der Waals surface area contributed by atoms with Crippen molar-refractivity contribution in [2.75, 3.05) is 39.0 Å². The minimum Gasteiger partial charge on any atom is -0.376 e. The number of benzene rings is 1. The summed E-state index contributed by atoms with van der Waals surface area (Å²) in [6.45, 7) is 6.05. The normalized spacial score (nSPS) is 10.6. The summed E-state index contributed by atoms with van der Waals surface area (Å²) >= 11 is 0. The predicted molar refractivity (Wildman–Crippen MR) is 80.6 cm³/mol. The van der Waals surface area contributed by atoms with Gasteiger partial charge in [0.15, 0.2) is 0 Å². The lowest BCUT2D eigenvalue weighted by Gasteiger charge is -2.14. The van der Waals surface area contributed by atoms with Gasteiger partial charge < -0.3 is 15.5 Å². The van der Waals surface area contributed by atoms with Gasteiger partial charge in [-0.3, -0.25) is 4.79 Å². The van der Waals surface area contributed by atoms with Crippen molar-refractivity contribution in [3.8, 4) is 0 Å². The van der Waals surface area contributed by atoms with Crippen LogP contribution >= 0.6 is 0 Å². The Morgan fingerprint density at radius 2 is 2.05 bits per heavy atom. The number of hydrogen-bond acceptors (Lipinski definition) is 3. The maximum Gasteiger partial charge on any atom is 0.239 e. The molecule has 0 heterocycles. The first-order valence-electron chi connectivity index (χ1n) is 6.78. The fourth-order valence-electron chi connectivity index (χ4n) is 1.93. The van der Waals surface area contributed by atoms with Crippen LogP contribution in [0.15, 0.2) is 18.2 Å². The summed E-state index contributed by atoms with van der Waals surface area (Å²) in [5, 5.41) is 6.14. The minimum atomic E-state index is 0.0344. The molecule has 4 heteroatoms. The van der Waals surface area contributed by atoms with Crippen molar-refractivity contribution in [1.29, 1.82) is 0 Å². The molecule has 0 aliphatic carbocycles. The third-order valence-corrected chi connectivity index (χ3v) is 3.05. The number of hydrogen-bond donors (Lipinski definition) is 2. The number of carbonyl (C=O) groups excluding carboxylic acids is 1. The summed E-state index contributed by atoms with van der Waals surface area (Å²) in [5.74, 6) is 0.0344. The van der Waals surface area contributed by atoms with Crippen LogP contribution in [0.4, 0.5) is 5.69 Å². The van der Waals surface area contributed by atoms with Crippen molar-refractivity contribution < 1.29 is 4.79 Å². The molecule has 1 amide bonds. The van der Waals surface area contributed by atoms with Gasteiger partial charge in [0, 0.05) is 18.8 Å². The zero-order valence-electron chi connectivity index (χ0n) is 12.4. The molecule has 0 unspecified atom stereocenters. The molecule has 1 aromatic rings. The molecule has 0 saturated carbocycles. The summed E-state index contributed by atoms with van der Waals surface area (Å²) in [5.41, 5.74) is 3.52. The summed E-state index contributed by atoms with van der Waals surface area (Å²) in [4.78, 5) is 13.8. The van der Waals surface area contributed by atoms with Crippen LogP contribution < -0.4 is 10.6 Å². The zero-order valence-corrected chi connectivity index (χ0v) is 12.4. The molecule has 0 aliphatic heterocycles. The smallest absolute Gasteiger partial charge is 0.239 e. The first-order valence-corrected chi connectivity index (χ1v) is 6.78. The highest BCUT2D eigenvalue weighted by Gasteiger charge is 2.06. The lowest BCUT2D eigenvalue weighted by molar-refractivity contribution is -0.119. The lowest BCUT2D eigenvalue weighted by atomic mass is 10.1. The molecule has 0 aromatic heterocycles. The van der Waals surface area contributed by atoms with Crippen LogP contribution in [0.25, 0.3) is 0 Å². The quantitative estimate of drug-likeness (QED) is 0.786. The Labute approximate surface area is 116 Å². The van der Waals surface area contributed by atoms with Crippen molar-refractivity contribution >= 4 is 11.6 Å². The first-order chi connectivity index (χ1) is 9.04. The Morgan fingerprint density at radius 1 is 1.32 bits per heavy atom. The highest BCUT2D eigenvalue weighted by molar-refractivity contribution is 5.81. The molecule has 0 bridgehead atoms. The van der Waals surface area contributed by atoms with Crippen LogP contribution in [-0.2, 0) is 11.2 Å². The standard InChI is InChI=1S/C15H25N3O/c1-5-13-8-6-7-12(2)15(13)17-11-14(19)16-9-10-18(3)4/h6-8,17H,5,9-11H2,1-4H3,(H,16,19). The van der Waals surface area contributed by atoms with E-state index in [-0.39, 0.29) is 5.91 Å². The first kappa shape index (κ1) is 15.5. The average molecular weight is 263 g/mol. The van der Waals surface area contributed by atoms with Crippen LogP contribution in [0.1, 0.15) is 18.1 Å². The number of likely N-dealkylation sites (N-methyl/N-ethyl adjacent to an activating group) is 1. The van der Waals surface area contributed by atoms with E-state index in [2.05, 4.69) is 42.7 Å². The summed E-state index contributed by atoms with van der Waals surface area (Å²) in [6.07, 6.45) is 0.965. The van der Waals surface area contributed by atoms with Gasteiger partial charge in [-0.1, -0.05) is 25.1 Å². The summed E-state index contributed by atoms with van der Waals surface area (Å²) in [6, 6.07) is 6.21. The highest BCUT2D eigenvalue weighted by Crippen LogP contribution is 2.20.